The van der Waals surface area contributed by atoms with Crippen LogP contribution in [0.2, 0.25) is 0 Å². The molecule has 0 fully saturated rings. The van der Waals surface area contributed by atoms with Crippen molar-refractivity contribution in [3.8, 4) is 0 Å². The molecule has 0 aliphatic rings. The van der Waals surface area contributed by atoms with E-state index in [1.54, 1.807) is 16.7 Å². The lowest BCUT2D eigenvalue weighted by Gasteiger charge is -2.03. The van der Waals surface area contributed by atoms with Gasteiger partial charge in [0.05, 0.1) is 0 Å². The van der Waals surface area contributed by atoms with Gasteiger partial charge in [-0.3, -0.25) is 4.79 Å². The highest BCUT2D eigenvalue weighted by atomic mass is 79.9. The van der Waals surface area contributed by atoms with E-state index in [1.165, 1.54) is 6.21 Å². The summed E-state index contributed by atoms with van der Waals surface area (Å²) in [5.41, 5.74) is 1.33. The van der Waals surface area contributed by atoms with Crippen LogP contribution in [0.1, 0.15) is 16.1 Å². The van der Waals surface area contributed by atoms with Gasteiger partial charge >= 0.3 is 0 Å². The van der Waals surface area contributed by atoms with Crippen LogP contribution in [0.3, 0.4) is 0 Å². The van der Waals surface area contributed by atoms with Crippen LogP contribution in [0, 0.1) is 0 Å². The number of hydrogen-bond acceptors (Lipinski definition) is 3. The van der Waals surface area contributed by atoms with Crippen molar-refractivity contribution in [3.63, 3.8) is 0 Å². The molecule has 2 aromatic carbocycles. The van der Waals surface area contributed by atoms with E-state index in [9.17, 15) is 4.79 Å². The number of fused-ring (bicyclic) bond motifs is 1. The first kappa shape index (κ1) is 16.8. The second-order valence-electron chi connectivity index (χ2n) is 4.99. The first-order chi connectivity index (χ1) is 10.8. The number of nitrogens with zero attached hydrogens (tertiary/aromatic N) is 2. The van der Waals surface area contributed by atoms with Crippen molar-refractivity contribution in [1.29, 1.82) is 0 Å². The number of halogens is 1. The topological polar surface area (TPSA) is 53.5 Å². The molecule has 5 heteroatoms. The van der Waals surface area contributed by atoms with E-state index in [1.807, 2.05) is 54.7 Å². The molecule has 0 saturated heterocycles. The summed E-state index contributed by atoms with van der Waals surface area (Å²) in [5, 5.41) is 14.0. The number of pyridine rings is 1. The summed E-state index contributed by atoms with van der Waals surface area (Å²) in [6, 6.07) is 18.9. The Morgan fingerprint density at radius 3 is 2.39 bits per heavy atom. The van der Waals surface area contributed by atoms with Gasteiger partial charge in [0, 0.05) is 17.0 Å². The summed E-state index contributed by atoms with van der Waals surface area (Å²) in [6.45, 7) is 0.191. The fraction of sp³-hybridized carbons (Fsp3) is 0.0556. The van der Waals surface area contributed by atoms with Gasteiger partial charge in [-0.15, -0.1) is 0 Å². The lowest BCUT2D eigenvalue weighted by molar-refractivity contribution is -0.682. The van der Waals surface area contributed by atoms with Crippen LogP contribution in [0.4, 0.5) is 0 Å². The second kappa shape index (κ2) is 7.65. The third kappa shape index (κ3) is 3.81. The number of benzene rings is 2. The van der Waals surface area contributed by atoms with E-state index in [0.29, 0.717) is 11.3 Å². The Labute approximate surface area is 144 Å². The quantitative estimate of drug-likeness (QED) is 0.228. The molecule has 0 aliphatic heterocycles. The minimum absolute atomic E-state index is 0. The van der Waals surface area contributed by atoms with Crippen molar-refractivity contribution >= 4 is 22.8 Å². The first-order valence-electron chi connectivity index (χ1n) is 6.96. The average Bonchev–Trinajstić information content (AvgIpc) is 2.56. The SMILES string of the molecule is O=C(C[n+]1cc2ccccc2cc1/C=N/O)c1ccccc1.[Br-]. The molecular formula is C18H15BrN2O2. The fourth-order valence-corrected chi connectivity index (χ4v) is 2.42. The Bertz CT molecular complexity index is 848. The number of carbonyl (C=O) groups excluding carboxylic acids is 1. The van der Waals surface area contributed by atoms with Gasteiger partial charge in [0.1, 0.15) is 6.21 Å². The Balaban J connectivity index is 0.00000192. The molecular weight excluding hydrogens is 356 g/mol. The summed E-state index contributed by atoms with van der Waals surface area (Å²) in [4.78, 5) is 12.4. The van der Waals surface area contributed by atoms with Crippen molar-refractivity contribution in [2.45, 2.75) is 6.54 Å². The molecule has 0 saturated carbocycles. The highest BCUT2D eigenvalue weighted by Gasteiger charge is 2.17. The molecule has 0 amide bonds. The first-order valence-corrected chi connectivity index (χ1v) is 6.96. The molecule has 1 aromatic heterocycles. The molecule has 0 radical (unpaired) electrons. The summed E-state index contributed by atoms with van der Waals surface area (Å²) in [6.07, 6.45) is 3.23. The van der Waals surface area contributed by atoms with Gasteiger partial charge in [-0.25, -0.2) is 0 Å². The fourth-order valence-electron chi connectivity index (χ4n) is 2.42. The van der Waals surface area contributed by atoms with Crippen molar-refractivity contribution in [2.75, 3.05) is 0 Å². The molecule has 4 nitrogen and oxygen atoms in total. The molecule has 0 spiro atoms. The van der Waals surface area contributed by atoms with Crippen LogP contribution in [-0.2, 0) is 6.54 Å². The Hall–Kier alpha value is -2.53. The molecule has 116 valence electrons. The number of oxime groups is 1. The van der Waals surface area contributed by atoms with Crippen LogP contribution >= 0.6 is 0 Å². The highest BCUT2D eigenvalue weighted by Crippen LogP contribution is 2.12. The van der Waals surface area contributed by atoms with Crippen LogP contribution in [-0.4, -0.2) is 17.2 Å². The Kier molecular flexibility index (Phi) is 5.60. The van der Waals surface area contributed by atoms with Gasteiger partial charge < -0.3 is 22.2 Å². The zero-order valence-electron chi connectivity index (χ0n) is 12.3. The molecule has 0 atom stereocenters. The minimum Gasteiger partial charge on any atom is -1.00 e. The average molecular weight is 371 g/mol. The standard InChI is InChI=1S/C18H14N2O2.BrH/c21-18(14-6-2-1-3-7-14)13-20-12-16-9-5-4-8-15(16)10-17(20)11-19-22;/h1-12H,13H2;1H. The van der Waals surface area contributed by atoms with Crippen LogP contribution in [0.5, 0.6) is 0 Å². The second-order valence-corrected chi connectivity index (χ2v) is 4.99. The predicted octanol–water partition coefficient (Wildman–Crippen LogP) is -0.178. The van der Waals surface area contributed by atoms with Crippen molar-refractivity contribution < 1.29 is 31.6 Å². The highest BCUT2D eigenvalue weighted by molar-refractivity contribution is 5.95. The molecule has 0 bridgehead atoms. The summed E-state index contributed by atoms with van der Waals surface area (Å²) in [7, 11) is 0. The zero-order chi connectivity index (χ0) is 15.4. The number of hydrogen-bond donors (Lipinski definition) is 1. The molecule has 23 heavy (non-hydrogen) atoms. The van der Waals surface area contributed by atoms with Crippen LogP contribution < -0.4 is 21.5 Å². The van der Waals surface area contributed by atoms with E-state index in [4.69, 9.17) is 5.21 Å². The third-order valence-electron chi connectivity index (χ3n) is 3.53. The number of carbonyl (C=O) groups is 1. The lowest BCUT2D eigenvalue weighted by Crippen LogP contribution is -3.00. The summed E-state index contributed by atoms with van der Waals surface area (Å²) < 4.78 is 1.79. The van der Waals surface area contributed by atoms with Crippen molar-refractivity contribution in [1.82, 2.24) is 0 Å². The van der Waals surface area contributed by atoms with E-state index < -0.39 is 0 Å². The number of aromatic nitrogens is 1. The van der Waals surface area contributed by atoms with Crippen molar-refractivity contribution in [3.05, 3.63) is 78.1 Å². The predicted molar refractivity (Wildman–Crippen MR) is 84.3 cm³/mol. The third-order valence-corrected chi connectivity index (χ3v) is 3.53. The number of rotatable bonds is 4. The Morgan fingerprint density at radius 2 is 1.70 bits per heavy atom. The van der Waals surface area contributed by atoms with E-state index in [2.05, 4.69) is 5.16 Å². The maximum absolute atomic E-state index is 12.4. The van der Waals surface area contributed by atoms with E-state index >= 15 is 0 Å². The van der Waals surface area contributed by atoms with Gasteiger partial charge in [0.2, 0.25) is 18.0 Å². The smallest absolute Gasteiger partial charge is 0.228 e. The van der Waals surface area contributed by atoms with Crippen LogP contribution in [0.25, 0.3) is 10.8 Å². The zero-order valence-corrected chi connectivity index (χ0v) is 13.8. The maximum atomic E-state index is 12.4. The van der Waals surface area contributed by atoms with Crippen molar-refractivity contribution in [2.24, 2.45) is 5.16 Å². The molecule has 3 rings (SSSR count). The number of Topliss-reactive ketones (excluding diaryl/α,β-unsaturated/α-hetero) is 1. The summed E-state index contributed by atoms with van der Waals surface area (Å²) in [5.74, 6) is 0.00784. The molecule has 3 aromatic rings. The van der Waals surface area contributed by atoms with E-state index in [0.717, 1.165) is 10.8 Å². The van der Waals surface area contributed by atoms with Gasteiger partial charge in [-0.05, 0) is 11.5 Å². The largest absolute Gasteiger partial charge is 1.00 e. The summed E-state index contributed by atoms with van der Waals surface area (Å²) >= 11 is 0. The van der Waals surface area contributed by atoms with Gasteiger partial charge in [-0.1, -0.05) is 53.7 Å². The van der Waals surface area contributed by atoms with Crippen LogP contribution in [0.15, 0.2) is 72.0 Å². The Morgan fingerprint density at radius 1 is 1.04 bits per heavy atom. The monoisotopic (exact) mass is 370 g/mol. The van der Waals surface area contributed by atoms with Gasteiger partial charge in [0.15, 0.2) is 6.20 Å². The molecule has 0 aliphatic carbocycles. The molecule has 1 heterocycles. The molecule has 1 N–H and O–H groups in total. The normalized spacial score (nSPS) is 10.6. The maximum Gasteiger partial charge on any atom is 0.228 e. The van der Waals surface area contributed by atoms with Gasteiger partial charge in [-0.2, -0.15) is 4.57 Å². The van der Waals surface area contributed by atoms with E-state index in [-0.39, 0.29) is 29.3 Å². The van der Waals surface area contributed by atoms with Gasteiger partial charge in [0.25, 0.3) is 0 Å². The lowest BCUT2D eigenvalue weighted by atomic mass is 10.1. The molecule has 0 unspecified atom stereocenters. The number of ketones is 1. The minimum atomic E-state index is 0.